The number of nitrogens with zero attached hydrogens (tertiary/aromatic N) is 2. The van der Waals surface area contributed by atoms with Gasteiger partial charge in [-0.25, -0.2) is 9.38 Å². The highest BCUT2D eigenvalue weighted by atomic mass is 35.5. The van der Waals surface area contributed by atoms with Crippen molar-refractivity contribution in [3.8, 4) is 0 Å². The minimum atomic E-state index is -0.294. The Labute approximate surface area is 164 Å². The standard InChI is InChI=1S/C21H24ClFN4/c22-17-5-3-4-16(14-17)15-24-20-21(8-11-27(12-9-21)13-10-23)26-19-7-2-1-6-18(19)25-20/h1-7,14,26H,8-13,15H2,(H,24,25). The number of halogens is 2. The summed E-state index contributed by atoms with van der Waals surface area (Å²) in [6.45, 7) is 2.60. The van der Waals surface area contributed by atoms with Crippen LogP contribution in [0.25, 0.3) is 0 Å². The van der Waals surface area contributed by atoms with E-state index in [0.717, 1.165) is 53.7 Å². The number of fused-ring (bicyclic) bond motifs is 1. The van der Waals surface area contributed by atoms with Crippen molar-refractivity contribution in [3.63, 3.8) is 0 Å². The van der Waals surface area contributed by atoms with Crippen molar-refractivity contribution in [2.45, 2.75) is 24.9 Å². The molecular formula is C21H24ClFN4. The predicted octanol–water partition coefficient (Wildman–Crippen LogP) is 4.39. The molecule has 2 aliphatic rings. The molecule has 2 aliphatic heterocycles. The zero-order valence-electron chi connectivity index (χ0n) is 15.2. The Balaban J connectivity index is 1.57. The molecule has 1 saturated heterocycles. The summed E-state index contributed by atoms with van der Waals surface area (Å²) in [7, 11) is 0. The Bertz CT molecular complexity index is 830. The first kappa shape index (κ1) is 18.3. The van der Waals surface area contributed by atoms with Crippen LogP contribution in [-0.2, 0) is 6.54 Å². The summed E-state index contributed by atoms with van der Waals surface area (Å²) in [5.74, 6) is 0.959. The van der Waals surface area contributed by atoms with Gasteiger partial charge < -0.3 is 15.5 Å². The van der Waals surface area contributed by atoms with E-state index < -0.39 is 0 Å². The molecule has 2 aromatic rings. The summed E-state index contributed by atoms with van der Waals surface area (Å²) in [6.07, 6.45) is 1.78. The highest BCUT2D eigenvalue weighted by Gasteiger charge is 2.41. The van der Waals surface area contributed by atoms with Crippen molar-refractivity contribution in [2.75, 3.05) is 31.6 Å². The number of piperidine rings is 1. The van der Waals surface area contributed by atoms with Gasteiger partial charge in [0.15, 0.2) is 0 Å². The van der Waals surface area contributed by atoms with Crippen LogP contribution < -0.4 is 10.6 Å². The van der Waals surface area contributed by atoms with Crippen LogP contribution in [0.3, 0.4) is 0 Å². The first-order chi connectivity index (χ1) is 13.2. The molecule has 0 saturated carbocycles. The Morgan fingerprint density at radius 2 is 1.96 bits per heavy atom. The van der Waals surface area contributed by atoms with E-state index in [4.69, 9.17) is 16.6 Å². The summed E-state index contributed by atoms with van der Waals surface area (Å²) in [4.78, 5) is 7.13. The maximum Gasteiger partial charge on any atom is 0.128 e. The van der Waals surface area contributed by atoms with Crippen LogP contribution in [0, 0.1) is 0 Å². The molecule has 0 radical (unpaired) electrons. The molecular weight excluding hydrogens is 363 g/mol. The van der Waals surface area contributed by atoms with Gasteiger partial charge in [0.2, 0.25) is 0 Å². The van der Waals surface area contributed by atoms with Crippen LogP contribution in [0.4, 0.5) is 15.8 Å². The number of para-hydroxylation sites is 2. The number of hydrogen-bond donors (Lipinski definition) is 2. The van der Waals surface area contributed by atoms with Gasteiger partial charge in [0.1, 0.15) is 12.5 Å². The largest absolute Gasteiger partial charge is 0.371 e. The third kappa shape index (κ3) is 3.94. The van der Waals surface area contributed by atoms with Crippen LogP contribution in [-0.4, -0.2) is 42.6 Å². The fourth-order valence-electron chi connectivity index (χ4n) is 3.90. The first-order valence-electron chi connectivity index (χ1n) is 9.42. The molecule has 0 bridgehead atoms. The minimum Gasteiger partial charge on any atom is -0.371 e. The first-order valence-corrected chi connectivity index (χ1v) is 9.79. The number of amidine groups is 1. The quantitative estimate of drug-likeness (QED) is 0.818. The van der Waals surface area contributed by atoms with E-state index in [9.17, 15) is 4.39 Å². The molecule has 1 spiro atoms. The van der Waals surface area contributed by atoms with E-state index in [1.54, 1.807) is 0 Å². The number of hydrogen-bond acceptors (Lipinski definition) is 4. The molecule has 0 aromatic heterocycles. The highest BCUT2D eigenvalue weighted by molar-refractivity contribution is 6.30. The van der Waals surface area contributed by atoms with E-state index in [-0.39, 0.29) is 12.2 Å². The lowest BCUT2D eigenvalue weighted by Crippen LogP contribution is -2.59. The summed E-state index contributed by atoms with van der Waals surface area (Å²) in [5, 5.41) is 8.02. The number of nitrogens with one attached hydrogen (secondary N) is 2. The second-order valence-electron chi connectivity index (χ2n) is 7.20. The van der Waals surface area contributed by atoms with Crippen molar-refractivity contribution >= 4 is 28.8 Å². The normalized spacial score (nSPS) is 18.5. The van der Waals surface area contributed by atoms with E-state index in [0.29, 0.717) is 13.1 Å². The summed E-state index contributed by atoms with van der Waals surface area (Å²) < 4.78 is 12.7. The topological polar surface area (TPSA) is 39.7 Å². The van der Waals surface area contributed by atoms with Crippen molar-refractivity contribution < 1.29 is 4.39 Å². The molecule has 6 heteroatoms. The van der Waals surface area contributed by atoms with Gasteiger partial charge in [-0.15, -0.1) is 0 Å². The molecule has 2 heterocycles. The molecule has 4 rings (SSSR count). The third-order valence-electron chi connectivity index (χ3n) is 5.42. The maximum atomic E-state index is 12.7. The molecule has 142 valence electrons. The Morgan fingerprint density at radius 1 is 1.15 bits per heavy atom. The van der Waals surface area contributed by atoms with Gasteiger partial charge in [-0.3, -0.25) is 0 Å². The molecule has 1 fully saturated rings. The second kappa shape index (κ2) is 7.87. The summed E-state index contributed by atoms with van der Waals surface area (Å²) in [5.41, 5.74) is 2.89. The van der Waals surface area contributed by atoms with Gasteiger partial charge in [-0.1, -0.05) is 35.9 Å². The lowest BCUT2D eigenvalue weighted by atomic mass is 9.84. The summed E-state index contributed by atoms with van der Waals surface area (Å²) >= 11 is 6.11. The van der Waals surface area contributed by atoms with Crippen LogP contribution in [0.2, 0.25) is 5.02 Å². The van der Waals surface area contributed by atoms with Crippen molar-refractivity contribution in [3.05, 3.63) is 59.1 Å². The van der Waals surface area contributed by atoms with E-state index in [1.165, 1.54) is 0 Å². The number of aliphatic imine (C=N–C) groups is 1. The van der Waals surface area contributed by atoms with Crippen molar-refractivity contribution in [2.24, 2.45) is 4.99 Å². The predicted molar refractivity (Wildman–Crippen MR) is 110 cm³/mol. The fraction of sp³-hybridized carbons (Fsp3) is 0.381. The number of rotatable bonds is 4. The Morgan fingerprint density at radius 3 is 2.74 bits per heavy atom. The fourth-order valence-corrected chi connectivity index (χ4v) is 4.12. The van der Waals surface area contributed by atoms with Gasteiger partial charge in [-0.05, 0) is 42.7 Å². The molecule has 0 atom stereocenters. The molecule has 0 amide bonds. The zero-order chi connectivity index (χ0) is 18.7. The number of benzene rings is 2. The van der Waals surface area contributed by atoms with Gasteiger partial charge in [0.25, 0.3) is 0 Å². The smallest absolute Gasteiger partial charge is 0.128 e. The lowest BCUT2D eigenvalue weighted by molar-refractivity contribution is 0.186. The molecule has 4 nitrogen and oxygen atoms in total. The molecule has 27 heavy (non-hydrogen) atoms. The Hall–Kier alpha value is -2.11. The van der Waals surface area contributed by atoms with E-state index >= 15 is 0 Å². The average molecular weight is 387 g/mol. The van der Waals surface area contributed by atoms with Gasteiger partial charge in [-0.2, -0.15) is 0 Å². The highest BCUT2D eigenvalue weighted by Crippen LogP contribution is 2.37. The third-order valence-corrected chi connectivity index (χ3v) is 5.66. The average Bonchev–Trinajstić information content (AvgIpc) is 2.68. The van der Waals surface area contributed by atoms with Crippen molar-refractivity contribution in [1.29, 1.82) is 0 Å². The van der Waals surface area contributed by atoms with Gasteiger partial charge >= 0.3 is 0 Å². The minimum absolute atomic E-state index is 0.236. The molecule has 0 aliphatic carbocycles. The maximum absolute atomic E-state index is 12.7. The van der Waals surface area contributed by atoms with Crippen LogP contribution in [0.1, 0.15) is 18.4 Å². The molecule has 2 N–H and O–H groups in total. The summed E-state index contributed by atoms with van der Waals surface area (Å²) in [6, 6.07) is 16.0. The van der Waals surface area contributed by atoms with Crippen molar-refractivity contribution in [1.82, 2.24) is 10.2 Å². The van der Waals surface area contributed by atoms with Crippen LogP contribution in [0.15, 0.2) is 53.5 Å². The van der Waals surface area contributed by atoms with Crippen LogP contribution >= 0.6 is 11.6 Å². The zero-order valence-corrected chi connectivity index (χ0v) is 16.0. The van der Waals surface area contributed by atoms with E-state index in [1.807, 2.05) is 36.4 Å². The number of likely N-dealkylation sites (tertiary alicyclic amines) is 1. The second-order valence-corrected chi connectivity index (χ2v) is 7.64. The monoisotopic (exact) mass is 386 g/mol. The van der Waals surface area contributed by atoms with Gasteiger partial charge in [0.05, 0.1) is 16.9 Å². The Kier molecular flexibility index (Phi) is 5.32. The molecule has 0 unspecified atom stereocenters. The number of anilines is 1. The van der Waals surface area contributed by atoms with Gasteiger partial charge in [0, 0.05) is 31.2 Å². The SMILES string of the molecule is FCCN1CCC2(CC1)Nc1ccccc1N=C2NCc1cccc(Cl)c1. The lowest BCUT2D eigenvalue weighted by Gasteiger charge is -2.45. The number of alkyl halides is 1. The van der Waals surface area contributed by atoms with Crippen LogP contribution in [0.5, 0.6) is 0 Å². The van der Waals surface area contributed by atoms with E-state index in [2.05, 4.69) is 27.7 Å². The molecule has 2 aromatic carbocycles.